The first-order chi connectivity index (χ1) is 13.4. The molecule has 1 fully saturated rings. The highest BCUT2D eigenvalue weighted by atomic mass is 31.1. The monoisotopic (exact) mass is 442 g/mol. The molecule has 1 unspecified atom stereocenters. The smallest absolute Gasteiger partial charge is 0.409 e. The van der Waals surface area contributed by atoms with Gasteiger partial charge in [0.25, 0.3) is 0 Å². The molecule has 0 saturated carbocycles. The van der Waals surface area contributed by atoms with Gasteiger partial charge in [0.05, 0.1) is 18.5 Å². The first kappa shape index (κ1) is 22.2. The van der Waals surface area contributed by atoms with Crippen molar-refractivity contribution in [2.24, 2.45) is 5.92 Å². The fourth-order valence-corrected chi connectivity index (χ4v) is 4.78. The van der Waals surface area contributed by atoms with Crippen LogP contribution in [0.5, 0.6) is 0 Å². The van der Waals surface area contributed by atoms with Gasteiger partial charge in [-0.05, 0) is 18.1 Å². The molecule has 1 saturated heterocycles. The van der Waals surface area contributed by atoms with Crippen LogP contribution in [0.25, 0.3) is 11.2 Å². The molecule has 5 atom stereocenters. The molecule has 0 aromatic carbocycles. The van der Waals surface area contributed by atoms with Crippen molar-refractivity contribution in [2.75, 3.05) is 12.3 Å². The second-order valence-corrected chi connectivity index (χ2v) is 14.4. The molecule has 3 rings (SSSR count). The average Bonchev–Trinajstić information content (AvgIpc) is 3.15. The van der Waals surface area contributed by atoms with Gasteiger partial charge in [-0.25, -0.2) is 15.0 Å². The van der Waals surface area contributed by atoms with Crippen LogP contribution in [0.15, 0.2) is 12.7 Å². The maximum Gasteiger partial charge on any atom is 0.694 e. The van der Waals surface area contributed by atoms with E-state index in [2.05, 4.69) is 48.8 Å². The molecule has 2 aromatic heterocycles. The number of nitrogens with zero attached hydrogens (tertiary/aromatic N) is 4. The number of imidazole rings is 1. The summed E-state index contributed by atoms with van der Waals surface area (Å²) in [4.78, 5) is 21.7. The van der Waals surface area contributed by atoms with Crippen LogP contribution in [-0.4, -0.2) is 51.5 Å². The van der Waals surface area contributed by atoms with Gasteiger partial charge in [0.2, 0.25) is 0 Å². The Labute approximate surface area is 171 Å². The third-order valence-corrected chi connectivity index (χ3v) is 10.8. The zero-order chi connectivity index (χ0) is 21.6. The fraction of sp³-hybridized carbons (Fsp3) is 0.706. The Kier molecular flexibility index (Phi) is 6.10. The van der Waals surface area contributed by atoms with Crippen LogP contribution in [0.3, 0.4) is 0 Å². The highest BCUT2D eigenvalue weighted by Crippen LogP contribution is 2.44. The summed E-state index contributed by atoms with van der Waals surface area (Å²) in [7, 11) is -4.84. The first-order valence-corrected chi connectivity index (χ1v) is 13.5. The number of nitrogens with two attached hydrogens (primary N) is 1. The Hall–Kier alpha value is -1.49. The van der Waals surface area contributed by atoms with E-state index in [0.29, 0.717) is 17.0 Å². The molecule has 1 aliphatic heterocycles. The largest absolute Gasteiger partial charge is 0.694 e. The summed E-state index contributed by atoms with van der Waals surface area (Å²) in [6, 6.07) is 0. The van der Waals surface area contributed by atoms with Gasteiger partial charge in [-0.2, -0.15) is 0 Å². The van der Waals surface area contributed by atoms with Crippen molar-refractivity contribution in [3.05, 3.63) is 12.7 Å². The Morgan fingerprint density at radius 2 is 2.03 bits per heavy atom. The van der Waals surface area contributed by atoms with Gasteiger partial charge in [0.1, 0.15) is 18.5 Å². The second kappa shape index (κ2) is 7.97. The number of ether oxygens (including phenoxy) is 1. The Balaban J connectivity index is 1.98. The standard InChI is InChI=1S/C17H28N5O5PSi/c1-10-11(7-25-28(23)24)26-16(13(10)27-29(5,6)17(2,3)4)22-9-21-12-14(18)19-8-20-15(12)22/h8-11,13,16H,7H2,1-6H3,(H2-,18,19,20,23,24)/p+1/t10-,11-,13-,16-/m1/s1. The molecule has 3 N–H and O–H groups in total. The third-order valence-electron chi connectivity index (χ3n) is 5.95. The number of rotatable bonds is 6. The molecule has 29 heavy (non-hydrogen) atoms. The summed E-state index contributed by atoms with van der Waals surface area (Å²) in [5, 5.41) is 0.00387. The lowest BCUT2D eigenvalue weighted by atomic mass is 10.0. The quantitative estimate of drug-likeness (QED) is 0.511. The van der Waals surface area contributed by atoms with Crippen LogP contribution in [-0.2, 0) is 18.3 Å². The summed E-state index contributed by atoms with van der Waals surface area (Å²) in [5.74, 6) is 0.208. The van der Waals surface area contributed by atoms with E-state index < -0.39 is 28.9 Å². The van der Waals surface area contributed by atoms with Gasteiger partial charge < -0.3 is 14.9 Å². The molecule has 3 heterocycles. The number of hydrogen-bond donors (Lipinski definition) is 2. The summed E-state index contributed by atoms with van der Waals surface area (Å²) >= 11 is 0. The molecule has 0 radical (unpaired) electrons. The van der Waals surface area contributed by atoms with Gasteiger partial charge in [0.15, 0.2) is 26.0 Å². The molecule has 2 aromatic rings. The lowest BCUT2D eigenvalue weighted by Crippen LogP contribution is -2.46. The number of fused-ring (bicyclic) bond motifs is 1. The number of aromatic nitrogens is 4. The van der Waals surface area contributed by atoms with Crippen LogP contribution in [0, 0.1) is 5.92 Å². The van der Waals surface area contributed by atoms with Crippen LogP contribution < -0.4 is 5.73 Å². The van der Waals surface area contributed by atoms with E-state index in [-0.39, 0.29) is 23.7 Å². The molecular weight excluding hydrogens is 413 g/mol. The minimum Gasteiger partial charge on any atom is -0.409 e. The van der Waals surface area contributed by atoms with Crippen molar-refractivity contribution in [1.82, 2.24) is 19.5 Å². The van der Waals surface area contributed by atoms with Crippen molar-refractivity contribution < 1.29 is 23.1 Å². The van der Waals surface area contributed by atoms with E-state index in [1.165, 1.54) is 6.33 Å². The SMILES string of the molecule is C[C@H]1[C@@H](O[Si](C)(C)C(C)(C)C)[C@H](n2cnc3c(N)ncnc32)O[C@@H]1CO[P+](=O)O. The molecule has 10 nitrogen and oxygen atoms in total. The summed E-state index contributed by atoms with van der Waals surface area (Å²) in [6.45, 7) is 12.9. The van der Waals surface area contributed by atoms with E-state index in [1.807, 2.05) is 6.92 Å². The van der Waals surface area contributed by atoms with Gasteiger partial charge in [0, 0.05) is 10.5 Å². The van der Waals surface area contributed by atoms with Crippen molar-refractivity contribution in [2.45, 2.75) is 64.3 Å². The van der Waals surface area contributed by atoms with Gasteiger partial charge in [-0.1, -0.05) is 27.7 Å². The van der Waals surface area contributed by atoms with Crippen LogP contribution >= 0.6 is 8.25 Å². The molecule has 1 aliphatic rings. The van der Waals surface area contributed by atoms with Crippen LogP contribution in [0.4, 0.5) is 5.82 Å². The molecule has 12 heteroatoms. The topological polar surface area (TPSA) is 135 Å². The minimum atomic E-state index is -2.71. The van der Waals surface area contributed by atoms with Gasteiger partial charge >= 0.3 is 8.25 Å². The predicted molar refractivity (Wildman–Crippen MR) is 111 cm³/mol. The summed E-state index contributed by atoms with van der Waals surface area (Å²) < 4.78 is 30.7. The lowest BCUT2D eigenvalue weighted by molar-refractivity contribution is -0.0437. The maximum atomic E-state index is 11.0. The molecule has 0 bridgehead atoms. The molecule has 0 aliphatic carbocycles. The zero-order valence-electron chi connectivity index (χ0n) is 17.6. The maximum absolute atomic E-state index is 11.0. The number of anilines is 1. The van der Waals surface area contributed by atoms with Gasteiger partial charge in [-0.3, -0.25) is 4.57 Å². The first-order valence-electron chi connectivity index (χ1n) is 9.47. The van der Waals surface area contributed by atoms with Gasteiger partial charge in [-0.15, -0.1) is 9.42 Å². The predicted octanol–water partition coefficient (Wildman–Crippen LogP) is 3.00. The van der Waals surface area contributed by atoms with Crippen molar-refractivity contribution in [3.63, 3.8) is 0 Å². The van der Waals surface area contributed by atoms with Crippen LogP contribution in [0.1, 0.15) is 33.9 Å². The molecule has 0 spiro atoms. The van der Waals surface area contributed by atoms with Crippen molar-refractivity contribution >= 4 is 33.6 Å². The Morgan fingerprint density at radius 1 is 1.34 bits per heavy atom. The van der Waals surface area contributed by atoms with E-state index >= 15 is 0 Å². The second-order valence-electron chi connectivity index (χ2n) is 8.88. The highest BCUT2D eigenvalue weighted by molar-refractivity contribution is 7.32. The van der Waals surface area contributed by atoms with Crippen molar-refractivity contribution in [1.29, 1.82) is 0 Å². The van der Waals surface area contributed by atoms with E-state index in [1.54, 1.807) is 10.9 Å². The molecule has 160 valence electrons. The summed E-state index contributed by atoms with van der Waals surface area (Å²) in [5.41, 5.74) is 6.97. The van der Waals surface area contributed by atoms with E-state index in [0.717, 1.165) is 0 Å². The number of hydrogen-bond acceptors (Lipinski definition) is 8. The Bertz CT molecular complexity index is 902. The average molecular weight is 443 g/mol. The third kappa shape index (κ3) is 4.35. The highest BCUT2D eigenvalue weighted by Gasteiger charge is 2.50. The minimum absolute atomic E-state index is 0.00387. The van der Waals surface area contributed by atoms with E-state index in [4.69, 9.17) is 24.3 Å². The Morgan fingerprint density at radius 3 is 2.66 bits per heavy atom. The number of nitrogen functional groups attached to an aromatic ring is 1. The summed E-state index contributed by atoms with van der Waals surface area (Å²) in [6.07, 6.45) is 1.75. The fourth-order valence-electron chi connectivity index (χ4n) is 3.14. The van der Waals surface area contributed by atoms with Crippen LogP contribution in [0.2, 0.25) is 18.1 Å². The molecular formula is C17H29N5O5PSi+. The van der Waals surface area contributed by atoms with E-state index in [9.17, 15) is 4.57 Å². The normalized spacial score (nSPS) is 26.2. The lowest BCUT2D eigenvalue weighted by Gasteiger charge is -2.40. The molecule has 0 amide bonds. The van der Waals surface area contributed by atoms with Crippen molar-refractivity contribution in [3.8, 4) is 0 Å². The zero-order valence-corrected chi connectivity index (χ0v) is 19.5.